The summed E-state index contributed by atoms with van der Waals surface area (Å²) in [5, 5.41) is 11.3. The van der Waals surface area contributed by atoms with Crippen molar-refractivity contribution in [1.29, 1.82) is 0 Å². The van der Waals surface area contributed by atoms with Crippen LogP contribution in [0.1, 0.15) is 11.1 Å². The molecule has 2 aromatic heterocycles. The van der Waals surface area contributed by atoms with E-state index in [0.717, 1.165) is 17.3 Å². The van der Waals surface area contributed by atoms with E-state index in [1.54, 1.807) is 24.6 Å². The molecule has 0 aliphatic rings. The van der Waals surface area contributed by atoms with Crippen molar-refractivity contribution in [3.8, 4) is 0 Å². The number of nitro groups is 1. The predicted octanol–water partition coefficient (Wildman–Crippen LogP) is 4.58. The fraction of sp³-hybridized carbons (Fsp3) is 0.118. The van der Waals surface area contributed by atoms with E-state index in [1.165, 1.54) is 18.4 Å². The molecule has 0 amide bonds. The van der Waals surface area contributed by atoms with E-state index >= 15 is 0 Å². The molecule has 8 heteroatoms. The molecule has 6 nitrogen and oxygen atoms in total. The molecule has 0 bridgehead atoms. The van der Waals surface area contributed by atoms with Gasteiger partial charge < -0.3 is 9.32 Å². The van der Waals surface area contributed by atoms with E-state index in [-0.39, 0.29) is 0 Å². The zero-order valence-electron chi connectivity index (χ0n) is 12.9. The Morgan fingerprint density at radius 2 is 1.96 bits per heavy atom. The summed E-state index contributed by atoms with van der Waals surface area (Å²) >= 11 is 5.80. The zero-order valence-corrected chi connectivity index (χ0v) is 13.7. The number of nitrogens with zero attached hydrogens (tertiary/aromatic N) is 3. The molecule has 2 heterocycles. The highest BCUT2D eigenvalue weighted by atomic mass is 35.5. The van der Waals surface area contributed by atoms with Crippen LogP contribution in [0.3, 0.4) is 0 Å². The van der Waals surface area contributed by atoms with Crippen molar-refractivity contribution < 1.29 is 13.7 Å². The standard InChI is InChI=1S/C17H13ClFN3O3/c18-17-4-2-13(8-20-17)10-21(14-5-6-25-11-14)9-12-1-3-15(19)16(7-12)22(23)24/h1-8,11H,9-10H2. The zero-order chi connectivity index (χ0) is 17.8. The average molecular weight is 362 g/mol. The van der Waals surface area contributed by atoms with Crippen LogP contribution < -0.4 is 4.90 Å². The first-order chi connectivity index (χ1) is 12.0. The minimum absolute atomic E-state index is 0.337. The summed E-state index contributed by atoms with van der Waals surface area (Å²) in [5.74, 6) is -0.856. The Morgan fingerprint density at radius 3 is 2.60 bits per heavy atom. The molecule has 0 radical (unpaired) electrons. The van der Waals surface area contributed by atoms with Gasteiger partial charge in [0.15, 0.2) is 0 Å². The Morgan fingerprint density at radius 1 is 1.20 bits per heavy atom. The number of benzene rings is 1. The van der Waals surface area contributed by atoms with Crippen LogP contribution in [-0.4, -0.2) is 9.91 Å². The first-order valence-corrected chi connectivity index (χ1v) is 7.71. The second-order valence-corrected chi connectivity index (χ2v) is 5.76. The largest absolute Gasteiger partial charge is 0.470 e. The van der Waals surface area contributed by atoms with Gasteiger partial charge >= 0.3 is 5.69 Å². The van der Waals surface area contributed by atoms with Crippen LogP contribution in [0.15, 0.2) is 59.5 Å². The second kappa shape index (κ2) is 7.31. The van der Waals surface area contributed by atoms with E-state index < -0.39 is 16.4 Å². The molecular formula is C17H13ClFN3O3. The van der Waals surface area contributed by atoms with Crippen molar-refractivity contribution in [3.05, 3.63) is 87.3 Å². The van der Waals surface area contributed by atoms with Crippen LogP contribution in [0.2, 0.25) is 5.15 Å². The van der Waals surface area contributed by atoms with Gasteiger partial charge in [0.25, 0.3) is 0 Å². The summed E-state index contributed by atoms with van der Waals surface area (Å²) in [4.78, 5) is 16.2. The maximum absolute atomic E-state index is 13.5. The lowest BCUT2D eigenvalue weighted by Gasteiger charge is -2.23. The van der Waals surface area contributed by atoms with E-state index in [0.29, 0.717) is 23.8 Å². The van der Waals surface area contributed by atoms with Gasteiger partial charge in [-0.15, -0.1) is 0 Å². The Balaban J connectivity index is 1.87. The molecule has 0 unspecified atom stereocenters. The van der Waals surface area contributed by atoms with Crippen LogP contribution in [0.4, 0.5) is 15.8 Å². The maximum atomic E-state index is 13.5. The maximum Gasteiger partial charge on any atom is 0.305 e. The van der Waals surface area contributed by atoms with Crippen LogP contribution in [0.25, 0.3) is 0 Å². The number of rotatable bonds is 6. The van der Waals surface area contributed by atoms with E-state index in [9.17, 15) is 14.5 Å². The van der Waals surface area contributed by atoms with Crippen LogP contribution >= 0.6 is 11.6 Å². The molecule has 3 aromatic rings. The fourth-order valence-electron chi connectivity index (χ4n) is 2.41. The highest BCUT2D eigenvalue weighted by Gasteiger charge is 2.17. The Bertz CT molecular complexity index is 869. The van der Waals surface area contributed by atoms with Gasteiger partial charge in [0, 0.05) is 25.4 Å². The van der Waals surface area contributed by atoms with Gasteiger partial charge in [0.05, 0.1) is 16.9 Å². The molecule has 0 atom stereocenters. The van der Waals surface area contributed by atoms with Crippen molar-refractivity contribution in [2.75, 3.05) is 4.90 Å². The first kappa shape index (κ1) is 16.9. The minimum atomic E-state index is -0.856. The molecule has 1 aromatic carbocycles. The highest BCUT2D eigenvalue weighted by Crippen LogP contribution is 2.24. The van der Waals surface area contributed by atoms with E-state index in [2.05, 4.69) is 4.98 Å². The third-order valence-electron chi connectivity index (χ3n) is 3.61. The van der Waals surface area contributed by atoms with E-state index in [4.69, 9.17) is 16.0 Å². The van der Waals surface area contributed by atoms with Gasteiger partial charge in [0.1, 0.15) is 11.4 Å². The molecule has 0 aliphatic heterocycles. The minimum Gasteiger partial charge on any atom is -0.470 e. The lowest BCUT2D eigenvalue weighted by Crippen LogP contribution is -2.21. The summed E-state index contributed by atoms with van der Waals surface area (Å²) in [7, 11) is 0. The molecular weight excluding hydrogens is 349 g/mol. The normalized spacial score (nSPS) is 10.6. The van der Waals surface area contributed by atoms with Gasteiger partial charge in [0.2, 0.25) is 5.82 Å². The van der Waals surface area contributed by atoms with Crippen molar-refractivity contribution in [2.24, 2.45) is 0 Å². The summed E-state index contributed by atoms with van der Waals surface area (Å²) < 4.78 is 18.6. The molecule has 3 rings (SSSR count). The lowest BCUT2D eigenvalue weighted by atomic mass is 10.1. The van der Waals surface area contributed by atoms with Gasteiger partial charge in [-0.2, -0.15) is 4.39 Å². The van der Waals surface area contributed by atoms with Crippen LogP contribution in [-0.2, 0) is 13.1 Å². The Hall–Kier alpha value is -2.93. The summed E-state index contributed by atoms with van der Waals surface area (Å²) in [5.41, 5.74) is 1.76. The van der Waals surface area contributed by atoms with Gasteiger partial charge in [-0.1, -0.05) is 23.7 Å². The molecule has 0 saturated heterocycles. The molecule has 0 fully saturated rings. The van der Waals surface area contributed by atoms with Crippen molar-refractivity contribution in [1.82, 2.24) is 4.98 Å². The fourth-order valence-corrected chi connectivity index (χ4v) is 2.52. The molecule has 0 spiro atoms. The highest BCUT2D eigenvalue weighted by molar-refractivity contribution is 6.29. The summed E-state index contributed by atoms with van der Waals surface area (Å²) in [6.45, 7) is 0.818. The predicted molar refractivity (Wildman–Crippen MR) is 90.9 cm³/mol. The third kappa shape index (κ3) is 4.13. The van der Waals surface area contributed by atoms with Crippen molar-refractivity contribution in [2.45, 2.75) is 13.1 Å². The molecule has 0 aliphatic carbocycles. The number of pyridine rings is 1. The quantitative estimate of drug-likeness (QED) is 0.365. The average Bonchev–Trinajstić information content (AvgIpc) is 3.12. The molecule has 0 saturated carbocycles. The number of halogens is 2. The smallest absolute Gasteiger partial charge is 0.305 e. The SMILES string of the molecule is O=[N+]([O-])c1cc(CN(Cc2ccc(Cl)nc2)c2ccoc2)ccc1F. The number of nitro benzene ring substituents is 1. The number of aromatic nitrogens is 1. The van der Waals surface area contributed by atoms with Gasteiger partial charge in [-0.05, 0) is 29.3 Å². The number of hydrogen-bond acceptors (Lipinski definition) is 5. The second-order valence-electron chi connectivity index (χ2n) is 5.37. The van der Waals surface area contributed by atoms with Crippen molar-refractivity contribution >= 4 is 23.0 Å². The van der Waals surface area contributed by atoms with Gasteiger partial charge in [-0.3, -0.25) is 10.1 Å². The molecule has 128 valence electrons. The molecule has 25 heavy (non-hydrogen) atoms. The number of anilines is 1. The van der Waals surface area contributed by atoms with Crippen LogP contribution in [0, 0.1) is 15.9 Å². The summed E-state index contributed by atoms with van der Waals surface area (Å²) in [6.07, 6.45) is 4.76. The van der Waals surface area contributed by atoms with E-state index in [1.807, 2.05) is 11.0 Å². The van der Waals surface area contributed by atoms with Gasteiger partial charge in [-0.25, -0.2) is 4.98 Å². The monoisotopic (exact) mass is 361 g/mol. The topological polar surface area (TPSA) is 72.4 Å². The third-order valence-corrected chi connectivity index (χ3v) is 3.84. The first-order valence-electron chi connectivity index (χ1n) is 7.33. The lowest BCUT2D eigenvalue weighted by molar-refractivity contribution is -0.387. The Kier molecular flexibility index (Phi) is 4.95. The van der Waals surface area contributed by atoms with Crippen molar-refractivity contribution in [3.63, 3.8) is 0 Å². The summed E-state index contributed by atoms with van der Waals surface area (Å²) in [6, 6.07) is 9.17. The van der Waals surface area contributed by atoms with Crippen LogP contribution in [0.5, 0.6) is 0 Å². The number of furan rings is 1. The number of hydrogen-bond donors (Lipinski definition) is 0. The molecule has 0 N–H and O–H groups in total. The Labute approximate surface area is 147 Å².